The highest BCUT2D eigenvalue weighted by molar-refractivity contribution is 6.24. The summed E-state index contributed by atoms with van der Waals surface area (Å²) in [5, 5.41) is 0. The highest BCUT2D eigenvalue weighted by atomic mass is 35.5. The van der Waals surface area contributed by atoms with Crippen molar-refractivity contribution in [3.63, 3.8) is 0 Å². The van der Waals surface area contributed by atoms with Crippen LogP contribution in [0.4, 0.5) is 0 Å². The van der Waals surface area contributed by atoms with Gasteiger partial charge >= 0.3 is 0 Å². The fourth-order valence-corrected chi connectivity index (χ4v) is 0.783. The first kappa shape index (κ1) is 14.4. The van der Waals surface area contributed by atoms with Crippen molar-refractivity contribution in [1.29, 1.82) is 0 Å². The van der Waals surface area contributed by atoms with Gasteiger partial charge in [-0.05, 0) is 40.5 Å². The molecule has 0 saturated heterocycles. The van der Waals surface area contributed by atoms with Gasteiger partial charge in [0, 0.05) is 9.75 Å². The molecule has 0 aromatic heterocycles. The van der Waals surface area contributed by atoms with Gasteiger partial charge in [0.2, 0.25) is 0 Å². The van der Waals surface area contributed by atoms with Crippen LogP contribution in [-0.2, 0) is 0 Å². The second-order valence-electron chi connectivity index (χ2n) is 3.94. The van der Waals surface area contributed by atoms with Crippen LogP contribution in [0.5, 0.6) is 0 Å². The predicted molar refractivity (Wildman–Crippen MR) is 56.3 cm³/mol. The molecule has 0 aromatic rings. The highest BCUT2D eigenvalue weighted by Gasteiger charge is 2.19. The van der Waals surface area contributed by atoms with Gasteiger partial charge in [-0.2, -0.15) is 0 Å². The lowest BCUT2D eigenvalue weighted by atomic mass is 10.00. The average Bonchev–Trinajstić information content (AvgIpc) is 1.57. The molecule has 0 amide bonds. The van der Waals surface area contributed by atoms with E-state index in [1.807, 2.05) is 27.7 Å². The van der Waals surface area contributed by atoms with Crippen LogP contribution in [0.1, 0.15) is 40.5 Å². The Morgan fingerprint density at radius 1 is 0.818 bits per heavy atom. The quantitative estimate of drug-likeness (QED) is 0.624. The molecule has 11 heavy (non-hydrogen) atoms. The highest BCUT2D eigenvalue weighted by Crippen LogP contribution is 2.27. The summed E-state index contributed by atoms with van der Waals surface area (Å²) in [5.74, 6) is 0. The van der Waals surface area contributed by atoms with E-state index >= 15 is 0 Å². The van der Waals surface area contributed by atoms with Gasteiger partial charge in [0.1, 0.15) is 0 Å². The van der Waals surface area contributed by atoms with Crippen LogP contribution >= 0.6 is 35.6 Å². The van der Waals surface area contributed by atoms with E-state index in [0.29, 0.717) is 0 Å². The molecule has 0 radical (unpaired) electrons. The number of rotatable bonds is 3. The third kappa shape index (κ3) is 13.8. The van der Waals surface area contributed by atoms with E-state index in [4.69, 9.17) is 23.2 Å². The van der Waals surface area contributed by atoms with Gasteiger partial charge in [-0.3, -0.25) is 0 Å². The normalized spacial score (nSPS) is 12.5. The van der Waals surface area contributed by atoms with Crippen molar-refractivity contribution in [2.45, 2.75) is 50.3 Å². The van der Waals surface area contributed by atoms with Crippen LogP contribution in [0, 0.1) is 0 Å². The standard InChI is InChI=1S/C8H16Cl2.ClH/c1-7(2,9)5-6-8(3,4)10;/h5-6H2,1-4H3;1H. The van der Waals surface area contributed by atoms with Crippen molar-refractivity contribution >= 4 is 35.6 Å². The summed E-state index contributed by atoms with van der Waals surface area (Å²) in [6.07, 6.45) is 1.93. The lowest BCUT2D eigenvalue weighted by Crippen LogP contribution is -2.17. The maximum Gasteiger partial charge on any atom is 0.0391 e. The zero-order valence-electron chi connectivity index (χ0n) is 7.58. The summed E-state index contributed by atoms with van der Waals surface area (Å²) in [7, 11) is 0. The SMILES string of the molecule is CC(C)(Cl)CCC(C)(C)Cl.Cl. The van der Waals surface area contributed by atoms with Gasteiger partial charge in [0.25, 0.3) is 0 Å². The van der Waals surface area contributed by atoms with Gasteiger partial charge in [0.15, 0.2) is 0 Å². The van der Waals surface area contributed by atoms with Crippen LogP contribution in [0.15, 0.2) is 0 Å². The first-order chi connectivity index (χ1) is 4.21. The van der Waals surface area contributed by atoms with Crippen molar-refractivity contribution < 1.29 is 0 Å². The van der Waals surface area contributed by atoms with Crippen LogP contribution in [0.3, 0.4) is 0 Å². The van der Waals surface area contributed by atoms with Crippen LogP contribution in [0.2, 0.25) is 0 Å². The molecule has 0 aliphatic heterocycles. The fourth-order valence-electron chi connectivity index (χ4n) is 0.594. The van der Waals surface area contributed by atoms with Crippen LogP contribution < -0.4 is 0 Å². The predicted octanol–water partition coefficient (Wildman–Crippen LogP) is 4.22. The third-order valence-corrected chi connectivity index (χ3v) is 1.69. The van der Waals surface area contributed by atoms with Crippen molar-refractivity contribution in [2.24, 2.45) is 0 Å². The molecule has 0 aliphatic carbocycles. The van der Waals surface area contributed by atoms with Gasteiger partial charge in [-0.25, -0.2) is 0 Å². The fraction of sp³-hybridized carbons (Fsp3) is 1.00. The van der Waals surface area contributed by atoms with Crippen LogP contribution in [0.25, 0.3) is 0 Å². The maximum absolute atomic E-state index is 5.98. The summed E-state index contributed by atoms with van der Waals surface area (Å²) in [5.41, 5.74) is 0. The molecule has 0 atom stereocenters. The van der Waals surface area contributed by atoms with E-state index in [0.717, 1.165) is 12.8 Å². The Hall–Kier alpha value is 0.870. The average molecular weight is 220 g/mol. The smallest absolute Gasteiger partial charge is 0.0391 e. The second-order valence-corrected chi connectivity index (χ2v) is 5.98. The summed E-state index contributed by atoms with van der Waals surface area (Å²) in [4.78, 5) is -0.210. The molecule has 0 unspecified atom stereocenters. The van der Waals surface area contributed by atoms with E-state index < -0.39 is 0 Å². The second kappa shape index (κ2) is 4.79. The molecule has 70 valence electrons. The van der Waals surface area contributed by atoms with E-state index in [1.165, 1.54) is 0 Å². The molecule has 0 aromatic carbocycles. The van der Waals surface area contributed by atoms with Crippen molar-refractivity contribution in [2.75, 3.05) is 0 Å². The molecule has 0 saturated carbocycles. The third-order valence-electron chi connectivity index (χ3n) is 1.31. The lowest BCUT2D eigenvalue weighted by molar-refractivity contribution is 0.520. The zero-order chi connectivity index (χ0) is 8.41. The monoisotopic (exact) mass is 218 g/mol. The number of halogens is 3. The minimum Gasteiger partial charge on any atom is -0.147 e. The topological polar surface area (TPSA) is 0 Å². The van der Waals surface area contributed by atoms with Gasteiger partial charge in [0.05, 0.1) is 0 Å². The van der Waals surface area contributed by atoms with E-state index in [2.05, 4.69) is 0 Å². The largest absolute Gasteiger partial charge is 0.147 e. The minimum atomic E-state index is -0.105. The van der Waals surface area contributed by atoms with E-state index in [-0.39, 0.29) is 22.2 Å². The Balaban J connectivity index is 0. The van der Waals surface area contributed by atoms with Gasteiger partial charge in [-0.1, -0.05) is 0 Å². The van der Waals surface area contributed by atoms with Crippen molar-refractivity contribution in [3.05, 3.63) is 0 Å². The van der Waals surface area contributed by atoms with Gasteiger partial charge < -0.3 is 0 Å². The number of alkyl halides is 2. The molecule has 0 aliphatic rings. The minimum absolute atomic E-state index is 0. The molecule has 0 nitrogen and oxygen atoms in total. The summed E-state index contributed by atoms with van der Waals surface area (Å²) in [6.45, 7) is 8.04. The molecule has 0 rings (SSSR count). The molecule has 3 heteroatoms. The first-order valence-electron chi connectivity index (χ1n) is 3.59. The summed E-state index contributed by atoms with van der Waals surface area (Å²) < 4.78 is 0. The van der Waals surface area contributed by atoms with E-state index in [9.17, 15) is 0 Å². The van der Waals surface area contributed by atoms with Crippen LogP contribution in [-0.4, -0.2) is 9.75 Å². The zero-order valence-corrected chi connectivity index (χ0v) is 9.91. The molecule has 0 heterocycles. The first-order valence-corrected chi connectivity index (χ1v) is 4.34. The Morgan fingerprint density at radius 3 is 1.09 bits per heavy atom. The maximum atomic E-state index is 5.98. The summed E-state index contributed by atoms with van der Waals surface area (Å²) >= 11 is 12.0. The van der Waals surface area contributed by atoms with Crippen molar-refractivity contribution in [1.82, 2.24) is 0 Å². The summed E-state index contributed by atoms with van der Waals surface area (Å²) in [6, 6.07) is 0. The molecular formula is C8H17Cl3. The Bertz CT molecular complexity index is 82.9. The Labute approximate surface area is 86.1 Å². The number of hydrogen-bond donors (Lipinski definition) is 0. The number of hydrogen-bond acceptors (Lipinski definition) is 0. The Kier molecular flexibility index (Phi) is 6.27. The molecule has 0 bridgehead atoms. The molecule has 0 N–H and O–H groups in total. The van der Waals surface area contributed by atoms with Gasteiger partial charge in [-0.15, -0.1) is 35.6 Å². The van der Waals surface area contributed by atoms with E-state index in [1.54, 1.807) is 0 Å². The molecular weight excluding hydrogens is 202 g/mol. The lowest BCUT2D eigenvalue weighted by Gasteiger charge is -2.21. The Morgan fingerprint density at radius 2 is 1.00 bits per heavy atom. The molecule has 0 fully saturated rings. The molecule has 0 spiro atoms. The van der Waals surface area contributed by atoms with Crippen molar-refractivity contribution in [3.8, 4) is 0 Å².